The zero-order valence-corrected chi connectivity index (χ0v) is 15.2. The number of carbonyl (C=O) groups is 1. The largest absolute Gasteiger partial charge is 0.354 e. The van der Waals surface area contributed by atoms with E-state index in [0.29, 0.717) is 12.5 Å². The summed E-state index contributed by atoms with van der Waals surface area (Å²) in [5, 5.41) is 7.61. The van der Waals surface area contributed by atoms with E-state index in [1.807, 2.05) is 43.0 Å². The standard InChI is InChI=1S/C20H28N4O/c1-16(20(25)21-12-8-17-6-4-3-5-7-17)24-14-9-18(10-15-24)19-11-13-23(2)22-19/h3-7,11,13,16,18H,8-10,12,14-15H2,1-2H3,(H,21,25). The molecule has 0 spiro atoms. The van der Waals surface area contributed by atoms with Crippen molar-refractivity contribution in [1.29, 1.82) is 0 Å². The number of hydrogen-bond acceptors (Lipinski definition) is 3. The Morgan fingerprint density at radius 1 is 1.24 bits per heavy atom. The Labute approximate surface area is 150 Å². The fraction of sp³-hybridized carbons (Fsp3) is 0.500. The first-order valence-electron chi connectivity index (χ1n) is 9.18. The molecule has 0 bridgehead atoms. The van der Waals surface area contributed by atoms with Gasteiger partial charge >= 0.3 is 0 Å². The van der Waals surface area contributed by atoms with E-state index in [1.54, 1.807) is 0 Å². The van der Waals surface area contributed by atoms with Gasteiger partial charge in [-0.05, 0) is 50.9 Å². The molecule has 1 aliphatic rings. The molecule has 0 aliphatic carbocycles. The second kappa shape index (κ2) is 8.30. The molecule has 1 aromatic heterocycles. The molecule has 1 N–H and O–H groups in total. The fourth-order valence-electron chi connectivity index (χ4n) is 3.52. The molecule has 5 nitrogen and oxygen atoms in total. The number of benzene rings is 1. The predicted octanol–water partition coefficient (Wildman–Crippen LogP) is 2.35. The summed E-state index contributed by atoms with van der Waals surface area (Å²) in [6.45, 7) is 4.61. The van der Waals surface area contributed by atoms with Gasteiger partial charge in [-0.25, -0.2) is 0 Å². The van der Waals surface area contributed by atoms with Crippen molar-refractivity contribution in [2.45, 2.75) is 38.1 Å². The zero-order valence-electron chi connectivity index (χ0n) is 15.2. The highest BCUT2D eigenvalue weighted by atomic mass is 16.2. The lowest BCUT2D eigenvalue weighted by molar-refractivity contribution is -0.126. The average molecular weight is 340 g/mol. The van der Waals surface area contributed by atoms with Crippen molar-refractivity contribution in [1.82, 2.24) is 20.0 Å². The minimum atomic E-state index is -0.0690. The highest BCUT2D eigenvalue weighted by Crippen LogP contribution is 2.27. The maximum Gasteiger partial charge on any atom is 0.237 e. The van der Waals surface area contributed by atoms with Gasteiger partial charge in [0.15, 0.2) is 0 Å². The minimum absolute atomic E-state index is 0.0690. The van der Waals surface area contributed by atoms with Gasteiger partial charge in [0.05, 0.1) is 11.7 Å². The molecule has 25 heavy (non-hydrogen) atoms. The van der Waals surface area contributed by atoms with E-state index in [4.69, 9.17) is 0 Å². The van der Waals surface area contributed by atoms with E-state index in [9.17, 15) is 4.79 Å². The van der Waals surface area contributed by atoms with Crippen LogP contribution in [0.1, 0.15) is 36.9 Å². The number of amides is 1. The lowest BCUT2D eigenvalue weighted by atomic mass is 9.93. The summed E-state index contributed by atoms with van der Waals surface area (Å²) in [7, 11) is 1.96. The topological polar surface area (TPSA) is 50.2 Å². The van der Waals surface area contributed by atoms with Crippen LogP contribution in [0.2, 0.25) is 0 Å². The quantitative estimate of drug-likeness (QED) is 0.878. The third-order valence-electron chi connectivity index (χ3n) is 5.16. The highest BCUT2D eigenvalue weighted by Gasteiger charge is 2.27. The van der Waals surface area contributed by atoms with Gasteiger partial charge in [-0.2, -0.15) is 5.10 Å². The Morgan fingerprint density at radius 2 is 1.96 bits per heavy atom. The molecule has 5 heteroatoms. The molecule has 134 valence electrons. The lowest BCUT2D eigenvalue weighted by Crippen LogP contribution is -2.48. The van der Waals surface area contributed by atoms with Crippen LogP contribution in [-0.2, 0) is 18.3 Å². The molecule has 1 unspecified atom stereocenters. The van der Waals surface area contributed by atoms with E-state index in [0.717, 1.165) is 32.4 Å². The SMILES string of the molecule is CC(C(=O)NCCc1ccccc1)N1CCC(c2ccn(C)n2)CC1. The van der Waals surface area contributed by atoms with Crippen LogP contribution in [0.3, 0.4) is 0 Å². The van der Waals surface area contributed by atoms with Gasteiger partial charge in [-0.3, -0.25) is 14.4 Å². The van der Waals surface area contributed by atoms with Gasteiger partial charge in [-0.15, -0.1) is 0 Å². The molecule has 1 amide bonds. The molecule has 1 atom stereocenters. The number of aromatic nitrogens is 2. The summed E-state index contributed by atoms with van der Waals surface area (Å²) in [6, 6.07) is 12.3. The van der Waals surface area contributed by atoms with Crippen molar-refractivity contribution in [3.63, 3.8) is 0 Å². The molecule has 1 fully saturated rings. The van der Waals surface area contributed by atoms with Crippen LogP contribution in [0.5, 0.6) is 0 Å². The van der Waals surface area contributed by atoms with Crippen LogP contribution < -0.4 is 5.32 Å². The Kier molecular flexibility index (Phi) is 5.87. The van der Waals surface area contributed by atoms with Crippen LogP contribution in [0.25, 0.3) is 0 Å². The third-order valence-corrected chi connectivity index (χ3v) is 5.16. The number of piperidine rings is 1. The monoisotopic (exact) mass is 340 g/mol. The molecule has 2 heterocycles. The van der Waals surface area contributed by atoms with Crippen LogP contribution >= 0.6 is 0 Å². The van der Waals surface area contributed by atoms with E-state index in [2.05, 4.69) is 33.5 Å². The summed E-state index contributed by atoms with van der Waals surface area (Å²) < 4.78 is 1.87. The van der Waals surface area contributed by atoms with Gasteiger partial charge < -0.3 is 5.32 Å². The van der Waals surface area contributed by atoms with E-state index < -0.39 is 0 Å². The Hall–Kier alpha value is -2.14. The van der Waals surface area contributed by atoms with Gasteiger partial charge in [0, 0.05) is 25.7 Å². The summed E-state index contributed by atoms with van der Waals surface area (Å²) >= 11 is 0. The normalized spacial score (nSPS) is 17.4. The molecule has 1 aliphatic heterocycles. The predicted molar refractivity (Wildman–Crippen MR) is 99.4 cm³/mol. The first-order valence-corrected chi connectivity index (χ1v) is 9.18. The third kappa shape index (κ3) is 4.69. The fourth-order valence-corrected chi connectivity index (χ4v) is 3.52. The van der Waals surface area contributed by atoms with Crippen molar-refractivity contribution < 1.29 is 4.79 Å². The number of rotatable bonds is 6. The van der Waals surface area contributed by atoms with Crippen LogP contribution in [0.15, 0.2) is 42.6 Å². The van der Waals surface area contributed by atoms with Crippen molar-refractivity contribution in [2.75, 3.05) is 19.6 Å². The molecule has 3 rings (SSSR count). The number of nitrogens with one attached hydrogen (secondary N) is 1. The molecule has 0 saturated carbocycles. The van der Waals surface area contributed by atoms with Crippen molar-refractivity contribution in [2.24, 2.45) is 7.05 Å². The van der Waals surface area contributed by atoms with Gasteiger partial charge in [0.2, 0.25) is 5.91 Å². The molecule has 1 saturated heterocycles. The number of carbonyl (C=O) groups excluding carboxylic acids is 1. The maximum absolute atomic E-state index is 12.4. The zero-order chi connectivity index (χ0) is 17.6. The highest BCUT2D eigenvalue weighted by molar-refractivity contribution is 5.81. The molecule has 0 radical (unpaired) electrons. The maximum atomic E-state index is 12.4. The molecule has 1 aromatic carbocycles. The molecular weight excluding hydrogens is 312 g/mol. The summed E-state index contributed by atoms with van der Waals surface area (Å²) in [5.41, 5.74) is 2.44. The average Bonchev–Trinajstić information content (AvgIpc) is 3.08. The Balaban J connectivity index is 1.42. The Morgan fingerprint density at radius 3 is 2.60 bits per heavy atom. The smallest absolute Gasteiger partial charge is 0.237 e. The van der Waals surface area contributed by atoms with Crippen molar-refractivity contribution in [3.05, 3.63) is 53.9 Å². The van der Waals surface area contributed by atoms with Gasteiger partial charge in [0.25, 0.3) is 0 Å². The van der Waals surface area contributed by atoms with Gasteiger partial charge in [0.1, 0.15) is 0 Å². The van der Waals surface area contributed by atoms with Crippen molar-refractivity contribution >= 4 is 5.91 Å². The van der Waals surface area contributed by atoms with Crippen molar-refractivity contribution in [3.8, 4) is 0 Å². The lowest BCUT2D eigenvalue weighted by Gasteiger charge is -2.34. The minimum Gasteiger partial charge on any atom is -0.354 e. The first kappa shape index (κ1) is 17.7. The second-order valence-electron chi connectivity index (χ2n) is 6.93. The Bertz CT molecular complexity index is 674. The summed E-state index contributed by atoms with van der Waals surface area (Å²) in [6.07, 6.45) is 5.02. The van der Waals surface area contributed by atoms with E-state index in [1.165, 1.54) is 11.3 Å². The second-order valence-corrected chi connectivity index (χ2v) is 6.93. The van der Waals surface area contributed by atoms with Crippen LogP contribution in [0.4, 0.5) is 0 Å². The number of aryl methyl sites for hydroxylation is 1. The molecular formula is C20H28N4O. The van der Waals surface area contributed by atoms with E-state index in [-0.39, 0.29) is 11.9 Å². The van der Waals surface area contributed by atoms with Gasteiger partial charge in [-0.1, -0.05) is 30.3 Å². The number of hydrogen-bond donors (Lipinski definition) is 1. The number of nitrogens with zero attached hydrogens (tertiary/aromatic N) is 3. The number of likely N-dealkylation sites (tertiary alicyclic amines) is 1. The summed E-state index contributed by atoms with van der Waals surface area (Å²) in [5.74, 6) is 0.651. The first-order chi connectivity index (χ1) is 12.1. The van der Waals surface area contributed by atoms with Crippen LogP contribution in [0, 0.1) is 0 Å². The summed E-state index contributed by atoms with van der Waals surface area (Å²) in [4.78, 5) is 14.7. The van der Waals surface area contributed by atoms with E-state index >= 15 is 0 Å². The molecule has 2 aromatic rings. The van der Waals surface area contributed by atoms with Crippen LogP contribution in [-0.4, -0.2) is 46.3 Å².